The molecule has 0 saturated carbocycles. The Labute approximate surface area is 142 Å². The molecule has 0 atom stereocenters. The molecule has 118 valence electrons. The van der Waals surface area contributed by atoms with Crippen LogP contribution in [0.3, 0.4) is 0 Å². The summed E-state index contributed by atoms with van der Waals surface area (Å²) in [5.74, 6) is -0.0362. The van der Waals surface area contributed by atoms with Gasteiger partial charge in [-0.1, -0.05) is 41.4 Å². The first-order valence-electron chi connectivity index (χ1n) is 6.82. The highest BCUT2D eigenvalue weighted by molar-refractivity contribution is 6.34. The van der Waals surface area contributed by atoms with E-state index in [1.165, 1.54) is 0 Å². The van der Waals surface area contributed by atoms with Crippen LogP contribution < -0.4 is 15.4 Å². The van der Waals surface area contributed by atoms with E-state index in [0.717, 1.165) is 5.56 Å². The number of carbonyl (C=O) groups is 2. The summed E-state index contributed by atoms with van der Waals surface area (Å²) in [5.41, 5.74) is 1.62. The molecule has 0 radical (unpaired) electrons. The minimum atomic E-state index is -0.250. The van der Waals surface area contributed by atoms with E-state index in [-0.39, 0.29) is 24.8 Å². The van der Waals surface area contributed by atoms with Crippen molar-refractivity contribution < 1.29 is 14.3 Å². The number of nitrogens with one attached hydrogen (secondary N) is 2. The quantitative estimate of drug-likeness (QED) is 0.889. The zero-order valence-electron chi connectivity index (χ0n) is 11.9. The van der Waals surface area contributed by atoms with Crippen molar-refractivity contribution in [2.24, 2.45) is 0 Å². The number of amides is 2. The van der Waals surface area contributed by atoms with Crippen LogP contribution in [-0.2, 0) is 16.0 Å². The highest BCUT2D eigenvalue weighted by atomic mass is 35.5. The molecule has 0 spiro atoms. The largest absolute Gasteiger partial charge is 0.482 e. The van der Waals surface area contributed by atoms with Gasteiger partial charge < -0.3 is 15.4 Å². The van der Waals surface area contributed by atoms with E-state index >= 15 is 0 Å². The highest BCUT2D eigenvalue weighted by Gasteiger charge is 2.19. The molecule has 7 heteroatoms. The molecule has 1 heterocycles. The smallest absolute Gasteiger partial charge is 0.262 e. The van der Waals surface area contributed by atoms with Crippen LogP contribution in [0.25, 0.3) is 0 Å². The van der Waals surface area contributed by atoms with Crippen LogP contribution in [0.15, 0.2) is 36.4 Å². The second kappa shape index (κ2) is 6.48. The molecular formula is C16H12Cl2N2O3. The maximum atomic E-state index is 12.2. The first-order valence-corrected chi connectivity index (χ1v) is 7.58. The van der Waals surface area contributed by atoms with Crippen molar-refractivity contribution in [1.29, 1.82) is 0 Å². The number of ether oxygens (including phenoxy) is 1. The normalized spacial score (nSPS) is 12.9. The van der Waals surface area contributed by atoms with Crippen molar-refractivity contribution in [2.45, 2.75) is 6.42 Å². The Morgan fingerprint density at radius 3 is 2.78 bits per heavy atom. The van der Waals surface area contributed by atoms with Gasteiger partial charge in [-0.15, -0.1) is 0 Å². The lowest BCUT2D eigenvalue weighted by Crippen LogP contribution is -2.25. The molecule has 1 aliphatic heterocycles. The van der Waals surface area contributed by atoms with Crippen molar-refractivity contribution in [1.82, 2.24) is 0 Å². The third-order valence-corrected chi connectivity index (χ3v) is 3.97. The third kappa shape index (κ3) is 3.57. The second-order valence-corrected chi connectivity index (χ2v) is 5.80. The van der Waals surface area contributed by atoms with E-state index in [1.54, 1.807) is 30.3 Å². The van der Waals surface area contributed by atoms with Crippen LogP contribution in [0.2, 0.25) is 10.0 Å². The minimum absolute atomic E-state index is 0.0678. The zero-order chi connectivity index (χ0) is 16.4. The first kappa shape index (κ1) is 15.6. The molecule has 0 aliphatic carbocycles. The number of fused-ring (bicyclic) bond motifs is 1. The molecule has 5 nitrogen and oxygen atoms in total. The van der Waals surface area contributed by atoms with Crippen molar-refractivity contribution in [3.8, 4) is 5.75 Å². The molecule has 2 N–H and O–H groups in total. The summed E-state index contributed by atoms with van der Waals surface area (Å²) in [7, 11) is 0. The fraction of sp³-hybridized carbons (Fsp3) is 0.125. The lowest BCUT2D eigenvalue weighted by molar-refractivity contribution is -0.118. The average molecular weight is 351 g/mol. The zero-order valence-corrected chi connectivity index (χ0v) is 13.4. The van der Waals surface area contributed by atoms with Crippen LogP contribution in [0.4, 0.5) is 11.4 Å². The van der Waals surface area contributed by atoms with Gasteiger partial charge in [0.2, 0.25) is 5.91 Å². The van der Waals surface area contributed by atoms with Gasteiger partial charge in [-0.2, -0.15) is 0 Å². The van der Waals surface area contributed by atoms with Crippen LogP contribution >= 0.6 is 23.2 Å². The number of hydrogen-bond donors (Lipinski definition) is 2. The number of benzene rings is 2. The maximum Gasteiger partial charge on any atom is 0.262 e. The number of rotatable bonds is 3. The number of anilines is 2. The van der Waals surface area contributed by atoms with Gasteiger partial charge in [0.05, 0.1) is 22.8 Å². The summed E-state index contributed by atoms with van der Waals surface area (Å²) in [6, 6.07) is 10.3. The minimum Gasteiger partial charge on any atom is -0.482 e. The third-order valence-electron chi connectivity index (χ3n) is 3.29. The van der Waals surface area contributed by atoms with Gasteiger partial charge in [0.1, 0.15) is 5.75 Å². The molecule has 1 aliphatic rings. The highest BCUT2D eigenvalue weighted by Crippen LogP contribution is 2.36. The summed E-state index contributed by atoms with van der Waals surface area (Å²) in [5, 5.41) is 6.22. The number of hydrogen-bond acceptors (Lipinski definition) is 3. The standard InChI is InChI=1S/C16H12Cl2N2O3/c17-10-4-2-1-3-9(10)5-15(21)19-12-7-14-13(6-11(12)18)20-16(22)8-23-14/h1-4,6-7H,5,8H2,(H,19,21)(H,20,22). The summed E-state index contributed by atoms with van der Waals surface area (Å²) in [6.45, 7) is -0.0678. The van der Waals surface area contributed by atoms with Crippen molar-refractivity contribution in [2.75, 3.05) is 17.2 Å². The number of carbonyl (C=O) groups excluding carboxylic acids is 2. The molecule has 0 saturated heterocycles. The van der Waals surface area contributed by atoms with Crippen molar-refractivity contribution in [3.63, 3.8) is 0 Å². The summed E-state index contributed by atoms with van der Waals surface area (Å²) in [4.78, 5) is 23.4. The van der Waals surface area contributed by atoms with E-state index in [2.05, 4.69) is 10.6 Å². The fourth-order valence-corrected chi connectivity index (χ4v) is 2.62. The van der Waals surface area contributed by atoms with Gasteiger partial charge >= 0.3 is 0 Å². The lowest BCUT2D eigenvalue weighted by atomic mass is 10.1. The van der Waals surface area contributed by atoms with E-state index in [1.807, 2.05) is 6.07 Å². The van der Waals surface area contributed by atoms with Crippen molar-refractivity contribution in [3.05, 3.63) is 52.0 Å². The molecule has 2 aromatic rings. The topological polar surface area (TPSA) is 67.4 Å². The Kier molecular flexibility index (Phi) is 4.41. The van der Waals surface area contributed by atoms with E-state index in [9.17, 15) is 9.59 Å². The van der Waals surface area contributed by atoms with E-state index in [0.29, 0.717) is 27.2 Å². The Balaban J connectivity index is 1.76. The van der Waals surface area contributed by atoms with Gasteiger partial charge in [0, 0.05) is 11.1 Å². The molecule has 0 bridgehead atoms. The van der Waals surface area contributed by atoms with E-state index in [4.69, 9.17) is 27.9 Å². The Morgan fingerprint density at radius 2 is 2.00 bits per heavy atom. The molecule has 2 aromatic carbocycles. The molecule has 0 unspecified atom stereocenters. The van der Waals surface area contributed by atoms with Crippen LogP contribution in [-0.4, -0.2) is 18.4 Å². The molecule has 23 heavy (non-hydrogen) atoms. The fourth-order valence-electron chi connectivity index (χ4n) is 2.21. The average Bonchev–Trinajstić information content (AvgIpc) is 2.50. The summed E-state index contributed by atoms with van der Waals surface area (Å²) < 4.78 is 5.31. The summed E-state index contributed by atoms with van der Waals surface area (Å²) >= 11 is 12.2. The molecule has 0 aromatic heterocycles. The van der Waals surface area contributed by atoms with E-state index < -0.39 is 0 Å². The van der Waals surface area contributed by atoms with Crippen LogP contribution in [0.1, 0.15) is 5.56 Å². The van der Waals surface area contributed by atoms with Gasteiger partial charge in [0.25, 0.3) is 5.91 Å². The SMILES string of the molecule is O=C(Cc1ccccc1Cl)Nc1cc2c(cc1Cl)NC(=O)CO2. The predicted molar refractivity (Wildman–Crippen MR) is 89.4 cm³/mol. The Morgan fingerprint density at radius 1 is 1.22 bits per heavy atom. The predicted octanol–water partition coefficient (Wildman–Crippen LogP) is 3.51. The van der Waals surface area contributed by atoms with Gasteiger partial charge in [-0.3, -0.25) is 9.59 Å². The molecule has 3 rings (SSSR count). The Hall–Kier alpha value is -2.24. The Bertz CT molecular complexity index is 793. The maximum absolute atomic E-state index is 12.2. The monoisotopic (exact) mass is 350 g/mol. The summed E-state index contributed by atoms with van der Waals surface area (Å²) in [6.07, 6.45) is 0.130. The first-order chi connectivity index (χ1) is 11.0. The lowest BCUT2D eigenvalue weighted by Gasteiger charge is -2.19. The van der Waals surface area contributed by atoms with Gasteiger partial charge in [0.15, 0.2) is 6.61 Å². The molecule has 0 fully saturated rings. The van der Waals surface area contributed by atoms with Crippen LogP contribution in [0.5, 0.6) is 5.75 Å². The van der Waals surface area contributed by atoms with Gasteiger partial charge in [-0.05, 0) is 17.7 Å². The van der Waals surface area contributed by atoms with Crippen LogP contribution in [0, 0.1) is 0 Å². The number of halogens is 2. The van der Waals surface area contributed by atoms with Gasteiger partial charge in [-0.25, -0.2) is 0 Å². The second-order valence-electron chi connectivity index (χ2n) is 4.98. The van der Waals surface area contributed by atoms with Crippen molar-refractivity contribution >= 4 is 46.4 Å². The molecule has 2 amide bonds. The molecular weight excluding hydrogens is 339 g/mol.